The Hall–Kier alpha value is -2.69. The number of benzene rings is 4. The highest BCUT2D eigenvalue weighted by atomic mass is 31.2. The number of aryl methyl sites for hydroxylation is 4. The van der Waals surface area contributed by atoms with E-state index in [2.05, 4.69) is 100 Å². The molecule has 0 bridgehead atoms. The van der Waals surface area contributed by atoms with Gasteiger partial charge in [0.1, 0.15) is 28.5 Å². The third-order valence-corrected chi connectivity index (χ3v) is 12.3. The summed E-state index contributed by atoms with van der Waals surface area (Å²) in [6, 6.07) is 29.3. The van der Waals surface area contributed by atoms with Crippen LogP contribution in [-0.4, -0.2) is 0 Å². The zero-order valence-electron chi connectivity index (χ0n) is 20.2. The summed E-state index contributed by atoms with van der Waals surface area (Å²) in [5.74, 6) is 0. The van der Waals surface area contributed by atoms with Crippen LogP contribution < -0.4 is 21.2 Å². The lowest BCUT2D eigenvalue weighted by Crippen LogP contribution is -2.33. The maximum atomic E-state index is 2.56. The fraction of sp³-hybridized carbons (Fsp3) is 0.250. The van der Waals surface area contributed by atoms with Gasteiger partial charge >= 0.3 is 0 Å². The van der Waals surface area contributed by atoms with Gasteiger partial charge in [0.2, 0.25) is 0 Å². The van der Waals surface area contributed by atoms with Gasteiger partial charge in [0, 0.05) is 22.3 Å². The van der Waals surface area contributed by atoms with Gasteiger partial charge in [0.15, 0.2) is 0 Å². The molecule has 2 heterocycles. The van der Waals surface area contributed by atoms with Gasteiger partial charge in [-0.15, -0.1) is 0 Å². The molecule has 6 rings (SSSR count). The Labute approximate surface area is 199 Å². The van der Waals surface area contributed by atoms with Gasteiger partial charge in [-0.1, -0.05) is 52.0 Å². The maximum Gasteiger partial charge on any atom is 0.146 e. The molecule has 0 unspecified atom stereocenters. The van der Waals surface area contributed by atoms with Crippen LogP contribution in [-0.2, 0) is 25.7 Å². The van der Waals surface area contributed by atoms with E-state index in [-0.39, 0.29) is 0 Å². The maximum absolute atomic E-state index is 2.56. The summed E-state index contributed by atoms with van der Waals surface area (Å²) < 4.78 is 0. The van der Waals surface area contributed by atoms with Gasteiger partial charge in [-0.25, -0.2) is 0 Å². The fourth-order valence-corrected chi connectivity index (χ4v) is 11.2. The molecule has 0 amide bonds. The standard InChI is InChI=1S/C32H32P/c1-5-21-9-13-25-26-14-10-22(6-2)18-30(26)33(29(25)17-21)31-19-23(7-3)11-15-27(31)28-16-12-24(8-4)20-32(28)33/h9-20H,5-8H2,1-4H3/q+1. The molecule has 164 valence electrons. The third kappa shape index (κ3) is 2.74. The summed E-state index contributed by atoms with van der Waals surface area (Å²) in [4.78, 5) is 0. The molecule has 2 aliphatic rings. The van der Waals surface area contributed by atoms with Gasteiger partial charge < -0.3 is 0 Å². The number of fused-ring (bicyclic) bond motifs is 10. The van der Waals surface area contributed by atoms with Crippen LogP contribution in [0.3, 0.4) is 0 Å². The van der Waals surface area contributed by atoms with Crippen molar-refractivity contribution in [2.45, 2.75) is 53.4 Å². The summed E-state index contributed by atoms with van der Waals surface area (Å²) in [7, 11) is -1.92. The molecule has 4 aromatic carbocycles. The first kappa shape index (κ1) is 20.9. The second-order valence-electron chi connectivity index (χ2n) is 9.49. The van der Waals surface area contributed by atoms with E-state index in [0.29, 0.717) is 0 Å². The SMILES string of the molecule is CCc1ccc2c(c1)[P+]1(c3cc(CC)ccc3-2)c2cc(CC)ccc2-c2ccc(CC)cc21. The largest absolute Gasteiger partial charge is 0.146 e. The number of hydrogen-bond acceptors (Lipinski definition) is 0. The normalized spacial score (nSPS) is 14.2. The highest BCUT2D eigenvalue weighted by Crippen LogP contribution is 2.66. The second kappa shape index (κ2) is 7.68. The predicted molar refractivity (Wildman–Crippen MR) is 147 cm³/mol. The molecular weight excluding hydrogens is 415 g/mol. The van der Waals surface area contributed by atoms with Gasteiger partial charge in [-0.05, 0) is 96.5 Å². The predicted octanol–water partition coefficient (Wildman–Crippen LogP) is 6.52. The first-order valence-electron chi connectivity index (χ1n) is 12.6. The van der Waals surface area contributed by atoms with Gasteiger partial charge in [0.05, 0.1) is 0 Å². The molecule has 0 N–H and O–H groups in total. The highest BCUT2D eigenvalue weighted by Gasteiger charge is 2.60. The third-order valence-electron chi connectivity index (χ3n) is 7.91. The van der Waals surface area contributed by atoms with Crippen molar-refractivity contribution >= 4 is 28.5 Å². The molecular formula is C32H32P+. The Morgan fingerprint density at radius 3 is 0.848 bits per heavy atom. The lowest BCUT2D eigenvalue weighted by molar-refractivity contribution is 1.14. The van der Waals surface area contributed by atoms with E-state index in [0.717, 1.165) is 25.7 Å². The molecule has 0 atom stereocenters. The minimum atomic E-state index is -1.92. The van der Waals surface area contributed by atoms with E-state index in [1.165, 1.54) is 44.5 Å². The van der Waals surface area contributed by atoms with Gasteiger partial charge in [-0.3, -0.25) is 0 Å². The van der Waals surface area contributed by atoms with Crippen molar-refractivity contribution in [3.8, 4) is 22.3 Å². The molecule has 0 saturated carbocycles. The molecule has 33 heavy (non-hydrogen) atoms. The van der Waals surface area contributed by atoms with Crippen LogP contribution in [0.5, 0.6) is 0 Å². The summed E-state index contributed by atoms with van der Waals surface area (Å²) >= 11 is 0. The van der Waals surface area contributed by atoms with Gasteiger partial charge in [0.25, 0.3) is 0 Å². The van der Waals surface area contributed by atoms with Crippen LogP contribution in [0.25, 0.3) is 22.3 Å². The van der Waals surface area contributed by atoms with Crippen molar-refractivity contribution < 1.29 is 0 Å². The minimum absolute atomic E-state index is 1.08. The molecule has 1 heteroatoms. The second-order valence-corrected chi connectivity index (χ2v) is 12.8. The van der Waals surface area contributed by atoms with Crippen molar-refractivity contribution in [3.63, 3.8) is 0 Å². The monoisotopic (exact) mass is 447 g/mol. The average molecular weight is 448 g/mol. The van der Waals surface area contributed by atoms with Crippen LogP contribution in [0, 0.1) is 0 Å². The highest BCUT2D eigenvalue weighted by molar-refractivity contribution is 8.03. The molecule has 0 nitrogen and oxygen atoms in total. The van der Waals surface area contributed by atoms with Crippen LogP contribution in [0.2, 0.25) is 0 Å². The Bertz CT molecular complexity index is 1190. The summed E-state index contributed by atoms with van der Waals surface area (Å²) in [5.41, 5.74) is 11.6. The van der Waals surface area contributed by atoms with E-state index in [9.17, 15) is 0 Å². The van der Waals surface area contributed by atoms with Crippen LogP contribution in [0.1, 0.15) is 49.9 Å². The van der Waals surface area contributed by atoms with Crippen molar-refractivity contribution in [1.29, 1.82) is 0 Å². The molecule has 0 aromatic heterocycles. The quantitative estimate of drug-likeness (QED) is 0.270. The van der Waals surface area contributed by atoms with Crippen LogP contribution in [0.4, 0.5) is 0 Å². The van der Waals surface area contributed by atoms with Crippen molar-refractivity contribution in [1.82, 2.24) is 0 Å². The van der Waals surface area contributed by atoms with Crippen LogP contribution >= 0.6 is 7.26 Å². The molecule has 0 radical (unpaired) electrons. The molecule has 0 saturated heterocycles. The molecule has 1 spiro atoms. The topological polar surface area (TPSA) is 0 Å². The Kier molecular flexibility index (Phi) is 4.86. The van der Waals surface area contributed by atoms with E-state index in [1.807, 2.05) is 0 Å². The Balaban J connectivity index is 1.82. The lowest BCUT2D eigenvalue weighted by atomic mass is 10.0. The number of hydrogen-bond donors (Lipinski definition) is 0. The molecule has 2 aliphatic heterocycles. The smallest absolute Gasteiger partial charge is 0.0613 e. The van der Waals surface area contributed by atoms with Crippen LogP contribution in [0.15, 0.2) is 72.8 Å². The minimum Gasteiger partial charge on any atom is -0.0613 e. The van der Waals surface area contributed by atoms with E-state index in [1.54, 1.807) is 21.2 Å². The Morgan fingerprint density at radius 2 is 0.636 bits per heavy atom. The van der Waals surface area contributed by atoms with E-state index >= 15 is 0 Å². The fourth-order valence-electron chi connectivity index (χ4n) is 5.99. The first-order chi connectivity index (χ1) is 16.1. The summed E-state index contributed by atoms with van der Waals surface area (Å²) in [6.45, 7) is 9.13. The van der Waals surface area contributed by atoms with Gasteiger partial charge in [-0.2, -0.15) is 0 Å². The zero-order valence-corrected chi connectivity index (χ0v) is 21.1. The van der Waals surface area contributed by atoms with E-state index < -0.39 is 7.26 Å². The van der Waals surface area contributed by atoms with Crippen molar-refractivity contribution in [2.75, 3.05) is 0 Å². The van der Waals surface area contributed by atoms with E-state index in [4.69, 9.17) is 0 Å². The summed E-state index contributed by atoms with van der Waals surface area (Å²) in [5, 5.41) is 6.36. The molecule has 4 aromatic rings. The zero-order chi connectivity index (χ0) is 22.7. The number of rotatable bonds is 4. The van der Waals surface area contributed by atoms with Crippen molar-refractivity contribution in [3.05, 3.63) is 95.1 Å². The first-order valence-corrected chi connectivity index (χ1v) is 14.4. The summed E-state index contributed by atoms with van der Waals surface area (Å²) in [6.07, 6.45) is 4.31. The Morgan fingerprint density at radius 1 is 0.394 bits per heavy atom. The molecule has 0 fully saturated rings. The average Bonchev–Trinajstić information content (AvgIpc) is 3.33. The van der Waals surface area contributed by atoms with Crippen molar-refractivity contribution in [2.24, 2.45) is 0 Å². The molecule has 0 aliphatic carbocycles. The lowest BCUT2D eigenvalue weighted by Gasteiger charge is -2.22.